The van der Waals surface area contributed by atoms with Crippen LogP contribution in [0.15, 0.2) is 0 Å². The summed E-state index contributed by atoms with van der Waals surface area (Å²) in [7, 11) is 2.15. The zero-order valence-electron chi connectivity index (χ0n) is 13.9. The largest absolute Gasteiger partial charge is 0.459 e. The van der Waals surface area contributed by atoms with Crippen LogP contribution in [0, 0.1) is 0 Å². The van der Waals surface area contributed by atoms with Gasteiger partial charge in [0, 0.05) is 6.04 Å². The van der Waals surface area contributed by atoms with Gasteiger partial charge in [0.05, 0.1) is 0 Å². The second-order valence-corrected chi connectivity index (χ2v) is 6.97. The molecule has 0 aromatic rings. The lowest BCUT2D eigenvalue weighted by Crippen LogP contribution is -2.49. The molecule has 118 valence electrons. The van der Waals surface area contributed by atoms with Crippen LogP contribution in [0.2, 0.25) is 0 Å². The van der Waals surface area contributed by atoms with Gasteiger partial charge < -0.3 is 15.0 Å². The molecule has 1 aliphatic heterocycles. The summed E-state index contributed by atoms with van der Waals surface area (Å²) in [5, 5.41) is 3.53. The maximum absolute atomic E-state index is 12.3. The molecule has 0 aromatic carbocycles. The topological polar surface area (TPSA) is 41.6 Å². The average Bonchev–Trinajstić information content (AvgIpc) is 2.34. The lowest BCUT2D eigenvalue weighted by atomic mass is 10.0. The van der Waals surface area contributed by atoms with Crippen LogP contribution in [-0.2, 0) is 9.53 Å². The van der Waals surface area contributed by atoms with E-state index in [1.54, 1.807) is 0 Å². The van der Waals surface area contributed by atoms with E-state index < -0.39 is 5.60 Å². The van der Waals surface area contributed by atoms with Crippen LogP contribution in [0.1, 0.15) is 59.8 Å². The number of unbranched alkanes of at least 4 members (excludes halogenated alkanes) is 1. The molecule has 1 atom stereocenters. The molecule has 0 bridgehead atoms. The van der Waals surface area contributed by atoms with Crippen molar-refractivity contribution in [1.29, 1.82) is 0 Å². The average molecular weight is 284 g/mol. The molecular formula is C16H32N2O2. The number of esters is 1. The van der Waals surface area contributed by atoms with Gasteiger partial charge in [-0.3, -0.25) is 4.79 Å². The number of rotatable bonds is 6. The lowest BCUT2D eigenvalue weighted by molar-refractivity contribution is -0.158. The van der Waals surface area contributed by atoms with Crippen LogP contribution in [0.3, 0.4) is 0 Å². The minimum absolute atomic E-state index is 0.0927. The fraction of sp³-hybridized carbons (Fsp3) is 0.938. The highest BCUT2D eigenvalue weighted by atomic mass is 16.6. The molecule has 0 aromatic heterocycles. The van der Waals surface area contributed by atoms with Gasteiger partial charge in [-0.25, -0.2) is 0 Å². The highest BCUT2D eigenvalue weighted by molar-refractivity contribution is 5.76. The number of hydrogen-bond acceptors (Lipinski definition) is 4. The summed E-state index contributed by atoms with van der Waals surface area (Å²) < 4.78 is 5.55. The molecule has 0 spiro atoms. The van der Waals surface area contributed by atoms with Crippen LogP contribution in [-0.4, -0.2) is 48.7 Å². The van der Waals surface area contributed by atoms with Crippen molar-refractivity contribution in [2.24, 2.45) is 0 Å². The normalized spacial score (nSPS) is 19.9. The van der Waals surface area contributed by atoms with Gasteiger partial charge in [-0.05, 0) is 60.2 Å². The van der Waals surface area contributed by atoms with Gasteiger partial charge >= 0.3 is 5.97 Å². The van der Waals surface area contributed by atoms with Crippen molar-refractivity contribution in [3.8, 4) is 0 Å². The molecule has 20 heavy (non-hydrogen) atoms. The van der Waals surface area contributed by atoms with Gasteiger partial charge in [-0.1, -0.05) is 19.8 Å². The zero-order valence-corrected chi connectivity index (χ0v) is 13.9. The highest BCUT2D eigenvalue weighted by Gasteiger charge is 2.27. The van der Waals surface area contributed by atoms with Crippen molar-refractivity contribution in [2.45, 2.75) is 77.5 Å². The SMILES string of the molecule is CCCCC(NC1CCN(C)CC1)C(=O)OC(C)(C)C. The summed E-state index contributed by atoms with van der Waals surface area (Å²) in [5.41, 5.74) is -0.407. The quantitative estimate of drug-likeness (QED) is 0.761. The number of hydrogen-bond donors (Lipinski definition) is 1. The molecule has 0 aliphatic carbocycles. The van der Waals surface area contributed by atoms with Crippen LogP contribution in [0.4, 0.5) is 0 Å². The Hall–Kier alpha value is -0.610. The van der Waals surface area contributed by atoms with E-state index in [1.165, 1.54) is 0 Å². The smallest absolute Gasteiger partial charge is 0.323 e. The van der Waals surface area contributed by atoms with Crippen molar-refractivity contribution in [3.05, 3.63) is 0 Å². The molecule has 4 nitrogen and oxygen atoms in total. The number of likely N-dealkylation sites (tertiary alicyclic amines) is 1. The van der Waals surface area contributed by atoms with Crippen LogP contribution < -0.4 is 5.32 Å². The number of carbonyl (C=O) groups is 1. The molecule has 1 N–H and O–H groups in total. The third-order valence-electron chi connectivity index (χ3n) is 3.69. The minimum Gasteiger partial charge on any atom is -0.459 e. The lowest BCUT2D eigenvalue weighted by Gasteiger charge is -2.33. The van der Waals surface area contributed by atoms with Crippen molar-refractivity contribution in [3.63, 3.8) is 0 Å². The molecule has 4 heteroatoms. The Kier molecular flexibility index (Phi) is 6.96. The first-order valence-corrected chi connectivity index (χ1v) is 7.99. The van der Waals surface area contributed by atoms with Gasteiger partial charge in [0.15, 0.2) is 0 Å². The van der Waals surface area contributed by atoms with E-state index in [1.807, 2.05) is 20.8 Å². The fourth-order valence-corrected chi connectivity index (χ4v) is 2.51. The van der Waals surface area contributed by atoms with Crippen molar-refractivity contribution >= 4 is 5.97 Å². The van der Waals surface area contributed by atoms with Crippen molar-refractivity contribution < 1.29 is 9.53 Å². The number of ether oxygens (including phenoxy) is 1. The van der Waals surface area contributed by atoms with E-state index >= 15 is 0 Å². The number of nitrogens with zero attached hydrogens (tertiary/aromatic N) is 1. The molecular weight excluding hydrogens is 252 g/mol. The number of carbonyl (C=O) groups excluding carboxylic acids is 1. The van der Waals surface area contributed by atoms with Crippen molar-refractivity contribution in [2.75, 3.05) is 20.1 Å². The fourth-order valence-electron chi connectivity index (χ4n) is 2.51. The van der Waals surface area contributed by atoms with Gasteiger partial charge in [0.2, 0.25) is 0 Å². The molecule has 1 heterocycles. The van der Waals surface area contributed by atoms with Crippen LogP contribution >= 0.6 is 0 Å². The third-order valence-corrected chi connectivity index (χ3v) is 3.69. The standard InChI is InChI=1S/C16H32N2O2/c1-6-7-8-14(15(19)20-16(2,3)4)17-13-9-11-18(5)12-10-13/h13-14,17H,6-12H2,1-5H3. The number of nitrogens with one attached hydrogen (secondary N) is 1. The first-order chi connectivity index (χ1) is 9.31. The Balaban J connectivity index is 2.52. The molecule has 1 rings (SSSR count). The second kappa shape index (κ2) is 7.99. The maximum Gasteiger partial charge on any atom is 0.323 e. The molecule has 1 fully saturated rings. The Morgan fingerprint density at radius 1 is 1.35 bits per heavy atom. The highest BCUT2D eigenvalue weighted by Crippen LogP contribution is 2.15. The first-order valence-electron chi connectivity index (χ1n) is 7.99. The number of piperidine rings is 1. The summed E-state index contributed by atoms with van der Waals surface area (Å²) in [4.78, 5) is 14.6. The Bertz CT molecular complexity index is 291. The predicted octanol–water partition coefficient (Wildman–Crippen LogP) is 2.57. The predicted molar refractivity (Wildman–Crippen MR) is 82.8 cm³/mol. The summed E-state index contributed by atoms with van der Waals surface area (Å²) in [5.74, 6) is -0.0927. The first kappa shape index (κ1) is 17.4. The minimum atomic E-state index is -0.407. The third kappa shape index (κ3) is 6.71. The van der Waals surface area contributed by atoms with Crippen molar-refractivity contribution in [1.82, 2.24) is 10.2 Å². The molecule has 0 saturated carbocycles. The monoisotopic (exact) mass is 284 g/mol. The summed E-state index contributed by atoms with van der Waals surface area (Å²) in [6, 6.07) is 0.295. The second-order valence-electron chi connectivity index (χ2n) is 6.97. The Morgan fingerprint density at radius 2 is 1.95 bits per heavy atom. The Morgan fingerprint density at radius 3 is 2.45 bits per heavy atom. The van der Waals surface area contributed by atoms with E-state index in [2.05, 4.69) is 24.2 Å². The summed E-state index contributed by atoms with van der Waals surface area (Å²) in [6.45, 7) is 10.1. The molecule has 1 saturated heterocycles. The van der Waals surface area contributed by atoms with Gasteiger partial charge in [-0.2, -0.15) is 0 Å². The van der Waals surface area contributed by atoms with Gasteiger partial charge in [0.25, 0.3) is 0 Å². The Labute approximate surface area is 124 Å². The summed E-state index contributed by atoms with van der Waals surface area (Å²) in [6.07, 6.45) is 5.26. The molecule has 0 radical (unpaired) electrons. The molecule has 0 amide bonds. The molecule has 1 aliphatic rings. The van der Waals surface area contributed by atoms with Gasteiger partial charge in [-0.15, -0.1) is 0 Å². The van der Waals surface area contributed by atoms with Crippen LogP contribution in [0.25, 0.3) is 0 Å². The van der Waals surface area contributed by atoms with E-state index in [0.717, 1.165) is 45.2 Å². The maximum atomic E-state index is 12.3. The van der Waals surface area contributed by atoms with E-state index in [4.69, 9.17) is 4.74 Å². The molecule has 1 unspecified atom stereocenters. The van der Waals surface area contributed by atoms with Crippen LogP contribution in [0.5, 0.6) is 0 Å². The van der Waals surface area contributed by atoms with E-state index in [-0.39, 0.29) is 12.0 Å². The summed E-state index contributed by atoms with van der Waals surface area (Å²) >= 11 is 0. The van der Waals surface area contributed by atoms with E-state index in [9.17, 15) is 4.79 Å². The zero-order chi connectivity index (χ0) is 15.2. The van der Waals surface area contributed by atoms with Gasteiger partial charge in [0.1, 0.15) is 11.6 Å². The van der Waals surface area contributed by atoms with E-state index in [0.29, 0.717) is 6.04 Å².